The van der Waals surface area contributed by atoms with Gasteiger partial charge in [0.1, 0.15) is 34.5 Å². The summed E-state index contributed by atoms with van der Waals surface area (Å²) in [4.78, 5) is 3.75. The van der Waals surface area contributed by atoms with E-state index in [0.29, 0.717) is 11.4 Å². The fraction of sp³-hybridized carbons (Fsp3) is 0. The molecule has 0 fully saturated rings. The Morgan fingerprint density at radius 3 is 0.946 bits per heavy atom. The van der Waals surface area contributed by atoms with Gasteiger partial charge in [-0.25, -0.2) is 0 Å². The van der Waals surface area contributed by atoms with Crippen molar-refractivity contribution in [2.24, 2.45) is 0 Å². The van der Waals surface area contributed by atoms with E-state index in [9.17, 15) is 30.6 Å². The first-order valence-corrected chi connectivity index (χ1v) is 17.9. The van der Waals surface area contributed by atoms with Crippen LogP contribution in [-0.4, -0.2) is 30.6 Å². The third-order valence-electron chi connectivity index (χ3n) is 10.1. The number of aliphatic hydroxyl groups excluding tert-OH is 2. The van der Waals surface area contributed by atoms with Crippen molar-refractivity contribution in [3.05, 3.63) is 193 Å². The zero-order chi connectivity index (χ0) is 38.5. The number of nitrogens with zero attached hydrogens (tertiary/aromatic N) is 2. The first-order chi connectivity index (χ1) is 27.3. The van der Waals surface area contributed by atoms with Gasteiger partial charge >= 0.3 is 0 Å². The number of aliphatic hydroxyl groups is 2. The molecule has 56 heavy (non-hydrogen) atoms. The number of para-hydroxylation sites is 2. The number of rotatable bonds is 8. The predicted molar refractivity (Wildman–Crippen MR) is 223 cm³/mol. The van der Waals surface area contributed by atoms with E-state index in [-0.39, 0.29) is 22.3 Å². The van der Waals surface area contributed by atoms with Crippen LogP contribution in [0.25, 0.3) is 32.7 Å². The van der Waals surface area contributed by atoms with Gasteiger partial charge in [-0.05, 0) is 70.1 Å². The van der Waals surface area contributed by atoms with Crippen LogP contribution in [-0.2, 0) is 0 Å². The number of aromatic hydroxyl groups is 4. The molecule has 0 amide bonds. The molecule has 8 heteroatoms. The van der Waals surface area contributed by atoms with Crippen molar-refractivity contribution in [3.8, 4) is 23.0 Å². The lowest BCUT2D eigenvalue weighted by molar-refractivity contribution is 0.382. The Kier molecular flexibility index (Phi) is 8.21. The summed E-state index contributed by atoms with van der Waals surface area (Å²) in [6.45, 7) is 0. The van der Waals surface area contributed by atoms with Crippen LogP contribution < -0.4 is 9.80 Å². The van der Waals surface area contributed by atoms with Gasteiger partial charge in [0.2, 0.25) is 0 Å². The second-order valence-corrected chi connectivity index (χ2v) is 13.6. The Balaban J connectivity index is 1.08. The van der Waals surface area contributed by atoms with Crippen LogP contribution in [0.2, 0.25) is 0 Å². The zero-order valence-corrected chi connectivity index (χ0v) is 29.7. The second-order valence-electron chi connectivity index (χ2n) is 13.6. The Bertz CT molecular complexity index is 2630. The lowest BCUT2D eigenvalue weighted by Crippen LogP contribution is -2.13. The van der Waals surface area contributed by atoms with E-state index in [0.717, 1.165) is 44.3 Å². The molecule has 0 atom stereocenters. The first-order valence-electron chi connectivity index (χ1n) is 17.9. The fourth-order valence-corrected chi connectivity index (χ4v) is 7.53. The molecule has 8 nitrogen and oxygen atoms in total. The number of phenols is 4. The minimum atomic E-state index is -0.525. The van der Waals surface area contributed by atoms with Gasteiger partial charge in [-0.15, -0.1) is 0 Å². The van der Waals surface area contributed by atoms with Gasteiger partial charge in [0, 0.05) is 47.0 Å². The van der Waals surface area contributed by atoms with Crippen molar-refractivity contribution in [1.29, 1.82) is 0 Å². The van der Waals surface area contributed by atoms with Crippen molar-refractivity contribution in [2.75, 3.05) is 9.80 Å². The highest BCUT2D eigenvalue weighted by molar-refractivity contribution is 6.10. The normalized spacial score (nSPS) is 12.6. The highest BCUT2D eigenvalue weighted by atomic mass is 16.3. The van der Waals surface area contributed by atoms with Crippen LogP contribution in [0.5, 0.6) is 23.0 Å². The molecule has 1 aliphatic rings. The Hall–Kier alpha value is -7.84. The summed E-state index contributed by atoms with van der Waals surface area (Å²) in [5.74, 6) is -2.69. The quantitative estimate of drug-likeness (QED) is 0.0910. The number of hydrogen-bond donors (Lipinski definition) is 6. The molecule has 0 spiro atoms. The highest BCUT2D eigenvalue weighted by Gasteiger charge is 2.38. The van der Waals surface area contributed by atoms with Crippen LogP contribution in [0.4, 0.5) is 34.1 Å². The van der Waals surface area contributed by atoms with E-state index in [1.54, 1.807) is 0 Å². The molecule has 0 saturated heterocycles. The maximum absolute atomic E-state index is 11.4. The SMILES string of the molecule is OC1=C(c2c(O)cc(N(c3ccccc3)c3ccc4ccccc4c3)cc2O)C(O)=C1c1c(O)cc(N(c2ccccc2)c2ccc3ccccc3c2)cc1O. The van der Waals surface area contributed by atoms with Gasteiger partial charge in [0.25, 0.3) is 0 Å². The van der Waals surface area contributed by atoms with Gasteiger partial charge in [0.15, 0.2) is 0 Å². The molecular formula is C48H34N2O6. The number of fused-ring (bicyclic) bond motifs is 2. The molecule has 9 rings (SSSR count). The standard InChI is InChI=1S/C48H34N2O6/c51-39-25-37(49(33-15-3-1-4-16-33)35-21-19-29-11-7-9-13-31(29)23-35)26-40(52)43(39)45-47(55)46(48(45)56)44-41(53)27-38(28-42(44)54)50(34-17-5-2-6-18-34)36-22-20-30-12-8-10-14-32(30)24-36/h1-28,51-56H. The topological polar surface area (TPSA) is 128 Å². The molecule has 0 radical (unpaired) electrons. The summed E-state index contributed by atoms with van der Waals surface area (Å²) in [6, 6.07) is 52.5. The number of hydrogen-bond acceptors (Lipinski definition) is 8. The predicted octanol–water partition coefficient (Wildman–Crippen LogP) is 12.0. The van der Waals surface area contributed by atoms with E-state index >= 15 is 0 Å². The van der Waals surface area contributed by atoms with Gasteiger partial charge in [0.05, 0.1) is 33.6 Å². The summed E-state index contributed by atoms with van der Waals surface area (Å²) < 4.78 is 0. The summed E-state index contributed by atoms with van der Waals surface area (Å²) >= 11 is 0. The largest absolute Gasteiger partial charge is 0.507 e. The third-order valence-corrected chi connectivity index (χ3v) is 10.1. The van der Waals surface area contributed by atoms with Crippen LogP contribution >= 0.6 is 0 Å². The molecule has 0 bridgehead atoms. The van der Waals surface area contributed by atoms with Crippen LogP contribution in [0.1, 0.15) is 11.1 Å². The molecule has 1 aliphatic carbocycles. The third kappa shape index (κ3) is 5.73. The number of phenolic OH excluding ortho intramolecular Hbond substituents is 4. The van der Waals surface area contributed by atoms with Crippen molar-refractivity contribution in [2.45, 2.75) is 0 Å². The fourth-order valence-electron chi connectivity index (χ4n) is 7.53. The number of benzene rings is 8. The van der Waals surface area contributed by atoms with Crippen molar-refractivity contribution in [3.63, 3.8) is 0 Å². The number of allylic oxidation sites excluding steroid dienone is 2. The highest BCUT2D eigenvalue weighted by Crippen LogP contribution is 2.55. The first kappa shape index (κ1) is 34.0. The lowest BCUT2D eigenvalue weighted by atomic mass is 9.83. The van der Waals surface area contributed by atoms with Crippen LogP contribution in [0.15, 0.2) is 181 Å². The van der Waals surface area contributed by atoms with Gasteiger partial charge in [-0.3, -0.25) is 0 Å². The monoisotopic (exact) mass is 734 g/mol. The van der Waals surface area contributed by atoms with Gasteiger partial charge < -0.3 is 40.4 Å². The summed E-state index contributed by atoms with van der Waals surface area (Å²) in [5, 5.41) is 72.7. The molecule has 0 unspecified atom stereocenters. The average molecular weight is 735 g/mol. The number of anilines is 6. The van der Waals surface area contributed by atoms with E-state index in [4.69, 9.17) is 0 Å². The Morgan fingerprint density at radius 1 is 0.268 bits per heavy atom. The second kappa shape index (κ2) is 13.5. The summed E-state index contributed by atoms with van der Waals surface area (Å²) in [6.07, 6.45) is 0. The average Bonchev–Trinajstić information content (AvgIpc) is 3.21. The molecule has 0 heterocycles. The molecule has 0 saturated carbocycles. The van der Waals surface area contributed by atoms with Gasteiger partial charge in [-0.2, -0.15) is 0 Å². The van der Waals surface area contributed by atoms with Crippen LogP contribution in [0, 0.1) is 0 Å². The van der Waals surface area contributed by atoms with E-state index in [1.807, 2.05) is 155 Å². The molecule has 0 aliphatic heterocycles. The molecule has 8 aromatic rings. The van der Waals surface area contributed by atoms with Crippen molar-refractivity contribution in [1.82, 2.24) is 0 Å². The Morgan fingerprint density at radius 2 is 0.589 bits per heavy atom. The van der Waals surface area contributed by atoms with Crippen LogP contribution in [0.3, 0.4) is 0 Å². The molecule has 8 aromatic carbocycles. The molecule has 0 aromatic heterocycles. The van der Waals surface area contributed by atoms with E-state index in [1.165, 1.54) is 24.3 Å². The van der Waals surface area contributed by atoms with Crippen molar-refractivity contribution >= 4 is 66.8 Å². The van der Waals surface area contributed by atoms with Gasteiger partial charge in [-0.1, -0.05) is 97.1 Å². The van der Waals surface area contributed by atoms with E-state index in [2.05, 4.69) is 0 Å². The van der Waals surface area contributed by atoms with E-state index < -0.39 is 34.5 Å². The lowest BCUT2D eigenvalue weighted by Gasteiger charge is -2.29. The summed E-state index contributed by atoms with van der Waals surface area (Å²) in [5.41, 5.74) is 3.06. The smallest absolute Gasteiger partial charge is 0.139 e. The maximum atomic E-state index is 11.4. The minimum absolute atomic E-state index is 0.207. The zero-order valence-electron chi connectivity index (χ0n) is 29.7. The molecular weight excluding hydrogens is 701 g/mol. The summed E-state index contributed by atoms with van der Waals surface area (Å²) in [7, 11) is 0. The molecule has 6 N–H and O–H groups in total. The maximum Gasteiger partial charge on any atom is 0.139 e. The molecule has 272 valence electrons. The Labute approximate surface area is 321 Å². The van der Waals surface area contributed by atoms with Crippen molar-refractivity contribution < 1.29 is 30.6 Å². The minimum Gasteiger partial charge on any atom is -0.507 e.